The van der Waals surface area contributed by atoms with Crippen molar-refractivity contribution in [2.75, 3.05) is 19.8 Å². The van der Waals surface area contributed by atoms with Gasteiger partial charge in [-0.25, -0.2) is 4.39 Å². The Morgan fingerprint density at radius 3 is 3.05 bits per heavy atom. The number of amides is 1. The van der Waals surface area contributed by atoms with E-state index in [2.05, 4.69) is 5.32 Å². The van der Waals surface area contributed by atoms with Crippen molar-refractivity contribution >= 4 is 5.91 Å². The van der Waals surface area contributed by atoms with Crippen LogP contribution in [-0.4, -0.2) is 25.7 Å². The minimum atomic E-state index is -0.579. The van der Waals surface area contributed by atoms with E-state index in [-0.39, 0.29) is 17.0 Å². The lowest BCUT2D eigenvalue weighted by Gasteiger charge is -2.22. The number of hydrogen-bond donors (Lipinski definition) is 1. The third kappa shape index (κ3) is 3.76. The van der Waals surface area contributed by atoms with Gasteiger partial charge in [-0.15, -0.1) is 0 Å². The summed E-state index contributed by atoms with van der Waals surface area (Å²) in [6.07, 6.45) is 2.02. The SMILES string of the molecule is N#Cc1cc(F)cc(C(=O)NC[C@H]2CCCOC2)c1. The van der Waals surface area contributed by atoms with Crippen LogP contribution in [0.2, 0.25) is 0 Å². The lowest BCUT2D eigenvalue weighted by atomic mass is 10.0. The molecule has 1 N–H and O–H groups in total. The normalized spacial score (nSPS) is 18.6. The summed E-state index contributed by atoms with van der Waals surface area (Å²) in [4.78, 5) is 11.9. The summed E-state index contributed by atoms with van der Waals surface area (Å²) in [7, 11) is 0. The summed E-state index contributed by atoms with van der Waals surface area (Å²) in [6, 6.07) is 5.45. The molecule has 1 aliphatic heterocycles. The predicted octanol–water partition coefficient (Wildman–Crippen LogP) is 1.85. The largest absolute Gasteiger partial charge is 0.381 e. The van der Waals surface area contributed by atoms with Crippen LogP contribution >= 0.6 is 0 Å². The van der Waals surface area contributed by atoms with Gasteiger partial charge >= 0.3 is 0 Å². The second kappa shape index (κ2) is 6.30. The molecule has 0 aliphatic carbocycles. The number of carbonyl (C=O) groups is 1. The molecular formula is C14H15FN2O2. The van der Waals surface area contributed by atoms with Crippen LogP contribution in [0.3, 0.4) is 0 Å². The van der Waals surface area contributed by atoms with Crippen molar-refractivity contribution in [3.8, 4) is 6.07 Å². The van der Waals surface area contributed by atoms with Gasteiger partial charge in [0.2, 0.25) is 0 Å². The highest BCUT2D eigenvalue weighted by molar-refractivity contribution is 5.94. The minimum Gasteiger partial charge on any atom is -0.381 e. The van der Waals surface area contributed by atoms with E-state index >= 15 is 0 Å². The van der Waals surface area contributed by atoms with E-state index in [9.17, 15) is 9.18 Å². The number of nitrogens with zero attached hydrogens (tertiary/aromatic N) is 1. The summed E-state index contributed by atoms with van der Waals surface area (Å²) in [6.45, 7) is 1.93. The third-order valence-corrected chi connectivity index (χ3v) is 3.09. The lowest BCUT2D eigenvalue weighted by Crippen LogP contribution is -2.33. The Balaban J connectivity index is 1.95. The molecule has 0 saturated carbocycles. The Labute approximate surface area is 111 Å². The molecule has 0 radical (unpaired) electrons. The molecule has 5 heteroatoms. The summed E-state index contributed by atoms with van der Waals surface area (Å²) in [5.41, 5.74) is 0.319. The monoisotopic (exact) mass is 262 g/mol. The van der Waals surface area contributed by atoms with Gasteiger partial charge in [-0.05, 0) is 37.0 Å². The average molecular weight is 262 g/mol. The van der Waals surface area contributed by atoms with E-state index in [1.165, 1.54) is 6.07 Å². The average Bonchev–Trinajstić information content (AvgIpc) is 2.45. The molecule has 0 spiro atoms. The Morgan fingerprint density at radius 2 is 2.37 bits per heavy atom. The van der Waals surface area contributed by atoms with Gasteiger partial charge in [-0.2, -0.15) is 5.26 Å². The number of nitrogens with one attached hydrogen (secondary N) is 1. The Hall–Kier alpha value is -1.93. The fourth-order valence-electron chi connectivity index (χ4n) is 2.09. The van der Waals surface area contributed by atoms with Crippen LogP contribution in [-0.2, 0) is 4.74 Å². The van der Waals surface area contributed by atoms with Crippen molar-refractivity contribution in [3.63, 3.8) is 0 Å². The highest BCUT2D eigenvalue weighted by Gasteiger charge is 2.16. The zero-order valence-electron chi connectivity index (χ0n) is 10.5. The second-order valence-corrected chi connectivity index (χ2v) is 4.63. The molecule has 1 aliphatic rings. The number of hydrogen-bond acceptors (Lipinski definition) is 3. The number of carbonyl (C=O) groups excluding carboxylic acids is 1. The summed E-state index contributed by atoms with van der Waals surface area (Å²) >= 11 is 0. The van der Waals surface area contributed by atoms with E-state index < -0.39 is 5.82 Å². The van der Waals surface area contributed by atoms with Crippen LogP contribution in [0.15, 0.2) is 18.2 Å². The van der Waals surface area contributed by atoms with Crippen LogP contribution in [0.4, 0.5) is 4.39 Å². The summed E-state index contributed by atoms with van der Waals surface area (Å²) in [5, 5.41) is 11.5. The van der Waals surface area contributed by atoms with Crippen LogP contribution in [0, 0.1) is 23.1 Å². The smallest absolute Gasteiger partial charge is 0.251 e. The minimum absolute atomic E-state index is 0.145. The van der Waals surface area contributed by atoms with Gasteiger partial charge in [0.1, 0.15) is 5.82 Å². The topological polar surface area (TPSA) is 62.1 Å². The Bertz CT molecular complexity index is 505. The molecule has 0 aromatic heterocycles. The van der Waals surface area contributed by atoms with Gasteiger partial charge in [0, 0.05) is 18.7 Å². The first-order valence-corrected chi connectivity index (χ1v) is 6.25. The van der Waals surface area contributed by atoms with Crippen LogP contribution in [0.5, 0.6) is 0 Å². The molecule has 19 heavy (non-hydrogen) atoms. The standard InChI is InChI=1S/C14H15FN2O2/c15-13-5-11(7-16)4-12(6-13)14(18)17-8-10-2-1-3-19-9-10/h4-6,10H,1-3,8-9H2,(H,17,18)/t10-/m1/s1. The Kier molecular flexibility index (Phi) is 4.48. The zero-order chi connectivity index (χ0) is 13.7. The molecule has 1 aromatic carbocycles. The molecule has 1 atom stereocenters. The molecule has 1 aromatic rings. The fraction of sp³-hybridized carbons (Fsp3) is 0.429. The molecule has 1 fully saturated rings. The summed E-state index contributed by atoms with van der Waals surface area (Å²) in [5.74, 6) is -0.631. The Morgan fingerprint density at radius 1 is 1.53 bits per heavy atom. The number of halogens is 1. The molecule has 1 saturated heterocycles. The van der Waals surface area contributed by atoms with E-state index in [1.807, 2.05) is 6.07 Å². The van der Waals surface area contributed by atoms with E-state index in [4.69, 9.17) is 10.00 Å². The van der Waals surface area contributed by atoms with E-state index in [1.54, 1.807) is 0 Å². The van der Waals surface area contributed by atoms with Gasteiger partial charge < -0.3 is 10.1 Å². The highest BCUT2D eigenvalue weighted by Crippen LogP contribution is 2.13. The molecule has 1 amide bonds. The van der Waals surface area contributed by atoms with E-state index in [0.717, 1.165) is 31.6 Å². The van der Waals surface area contributed by atoms with Crippen molar-refractivity contribution in [2.24, 2.45) is 5.92 Å². The van der Waals surface area contributed by atoms with Crippen molar-refractivity contribution in [1.82, 2.24) is 5.32 Å². The predicted molar refractivity (Wildman–Crippen MR) is 67.0 cm³/mol. The first-order chi connectivity index (χ1) is 9.19. The van der Waals surface area contributed by atoms with Gasteiger partial charge in [-0.3, -0.25) is 4.79 Å². The van der Waals surface area contributed by atoms with Gasteiger partial charge in [0.05, 0.1) is 18.2 Å². The molecule has 0 bridgehead atoms. The maximum absolute atomic E-state index is 13.2. The molecule has 0 unspecified atom stereocenters. The van der Waals surface area contributed by atoms with Crippen molar-refractivity contribution in [3.05, 3.63) is 35.1 Å². The zero-order valence-corrected chi connectivity index (χ0v) is 10.5. The van der Waals surface area contributed by atoms with Gasteiger partial charge in [0.15, 0.2) is 0 Å². The number of nitriles is 1. The van der Waals surface area contributed by atoms with Gasteiger partial charge in [0.25, 0.3) is 5.91 Å². The highest BCUT2D eigenvalue weighted by atomic mass is 19.1. The lowest BCUT2D eigenvalue weighted by molar-refractivity contribution is 0.0536. The van der Waals surface area contributed by atoms with Crippen molar-refractivity contribution in [2.45, 2.75) is 12.8 Å². The fourth-order valence-corrected chi connectivity index (χ4v) is 2.09. The van der Waals surface area contributed by atoms with Crippen LogP contribution in [0.25, 0.3) is 0 Å². The second-order valence-electron chi connectivity index (χ2n) is 4.63. The third-order valence-electron chi connectivity index (χ3n) is 3.09. The van der Waals surface area contributed by atoms with Crippen LogP contribution in [0.1, 0.15) is 28.8 Å². The number of rotatable bonds is 3. The maximum Gasteiger partial charge on any atom is 0.251 e. The summed E-state index contributed by atoms with van der Waals surface area (Å²) < 4.78 is 18.5. The number of ether oxygens (including phenoxy) is 1. The molecule has 4 nitrogen and oxygen atoms in total. The van der Waals surface area contributed by atoms with E-state index in [0.29, 0.717) is 19.1 Å². The first kappa shape index (κ1) is 13.5. The first-order valence-electron chi connectivity index (χ1n) is 6.25. The van der Waals surface area contributed by atoms with Crippen molar-refractivity contribution < 1.29 is 13.9 Å². The maximum atomic E-state index is 13.2. The van der Waals surface area contributed by atoms with Crippen LogP contribution < -0.4 is 5.32 Å². The molecule has 2 rings (SSSR count). The molecule has 1 heterocycles. The molecular weight excluding hydrogens is 247 g/mol. The quantitative estimate of drug-likeness (QED) is 0.904. The van der Waals surface area contributed by atoms with Crippen molar-refractivity contribution in [1.29, 1.82) is 5.26 Å². The molecule has 100 valence electrons. The number of benzene rings is 1. The van der Waals surface area contributed by atoms with Gasteiger partial charge in [-0.1, -0.05) is 0 Å².